The van der Waals surface area contributed by atoms with Crippen molar-refractivity contribution in [2.45, 2.75) is 26.3 Å². The largest absolute Gasteiger partial charge is 0.365 e. The van der Waals surface area contributed by atoms with Gasteiger partial charge in [-0.25, -0.2) is 4.98 Å². The van der Waals surface area contributed by atoms with E-state index in [4.69, 9.17) is 11.6 Å². The lowest BCUT2D eigenvalue weighted by molar-refractivity contribution is 1.02. The molecule has 1 aromatic carbocycles. The average Bonchev–Trinajstić information content (AvgIpc) is 2.40. The Bertz CT molecular complexity index is 540. The van der Waals surface area contributed by atoms with Crippen molar-refractivity contribution >= 4 is 17.4 Å². The predicted octanol–water partition coefficient (Wildman–Crippen LogP) is 3.44. The zero-order valence-corrected chi connectivity index (χ0v) is 11.3. The van der Waals surface area contributed by atoms with Gasteiger partial charge in [-0.3, -0.25) is 4.98 Å². The third-order valence-electron chi connectivity index (χ3n) is 2.81. The number of nitrogens with one attached hydrogen (secondary N) is 1. The van der Waals surface area contributed by atoms with Gasteiger partial charge in [-0.05, 0) is 25.0 Å². The minimum atomic E-state index is 0.539. The molecule has 0 aliphatic carbocycles. The number of nitrogens with zero attached hydrogens (tertiary/aromatic N) is 2. The van der Waals surface area contributed by atoms with Crippen LogP contribution in [0, 0.1) is 13.8 Å². The van der Waals surface area contributed by atoms with E-state index in [1.54, 1.807) is 6.20 Å². The second-order valence-electron chi connectivity index (χ2n) is 4.23. The summed E-state index contributed by atoms with van der Waals surface area (Å²) in [6.45, 7) is 4.64. The zero-order valence-electron chi connectivity index (χ0n) is 10.6. The highest BCUT2D eigenvalue weighted by atomic mass is 35.5. The first-order chi connectivity index (χ1) is 8.69. The van der Waals surface area contributed by atoms with Gasteiger partial charge < -0.3 is 5.32 Å². The number of hydrogen-bond acceptors (Lipinski definition) is 3. The summed E-state index contributed by atoms with van der Waals surface area (Å²) < 4.78 is 0. The third kappa shape index (κ3) is 3.20. The molecular weight excluding hydrogens is 246 g/mol. The zero-order chi connectivity index (χ0) is 13.0. The molecule has 2 rings (SSSR count). The molecule has 0 radical (unpaired) electrons. The first-order valence-electron chi connectivity index (χ1n) is 5.87. The lowest BCUT2D eigenvalue weighted by Gasteiger charge is -2.08. The Balaban J connectivity index is 2.04. The fourth-order valence-corrected chi connectivity index (χ4v) is 1.81. The van der Waals surface area contributed by atoms with Crippen LogP contribution in [0.25, 0.3) is 0 Å². The highest BCUT2D eigenvalue weighted by molar-refractivity contribution is 6.17. The lowest BCUT2D eigenvalue weighted by atomic mass is 10.1. The minimum absolute atomic E-state index is 0.539. The Kier molecular flexibility index (Phi) is 4.15. The number of rotatable bonds is 4. The normalized spacial score (nSPS) is 10.4. The van der Waals surface area contributed by atoms with E-state index in [-0.39, 0.29) is 0 Å². The second-order valence-corrected chi connectivity index (χ2v) is 4.50. The molecule has 1 aromatic heterocycles. The van der Waals surface area contributed by atoms with Crippen molar-refractivity contribution in [2.75, 3.05) is 5.32 Å². The van der Waals surface area contributed by atoms with Gasteiger partial charge in [0.15, 0.2) is 0 Å². The van der Waals surface area contributed by atoms with Crippen molar-refractivity contribution in [3.8, 4) is 0 Å². The van der Waals surface area contributed by atoms with Crippen LogP contribution in [0.2, 0.25) is 0 Å². The Morgan fingerprint density at radius 3 is 2.67 bits per heavy atom. The van der Waals surface area contributed by atoms with E-state index in [9.17, 15) is 0 Å². The fraction of sp³-hybridized carbons (Fsp3) is 0.286. The van der Waals surface area contributed by atoms with Crippen LogP contribution in [-0.4, -0.2) is 9.97 Å². The molecule has 0 atom stereocenters. The van der Waals surface area contributed by atoms with Crippen molar-refractivity contribution in [1.82, 2.24) is 9.97 Å². The molecule has 0 amide bonds. The number of halogens is 1. The molecule has 1 heterocycles. The van der Waals surface area contributed by atoms with Gasteiger partial charge >= 0.3 is 0 Å². The molecule has 1 N–H and O–H groups in total. The summed E-state index contributed by atoms with van der Waals surface area (Å²) in [5, 5.41) is 3.26. The first kappa shape index (κ1) is 12.8. The first-order valence-corrected chi connectivity index (χ1v) is 6.40. The number of aryl methyl sites for hydroxylation is 2. The van der Waals surface area contributed by atoms with E-state index < -0.39 is 0 Å². The van der Waals surface area contributed by atoms with E-state index >= 15 is 0 Å². The highest BCUT2D eigenvalue weighted by Gasteiger charge is 2.00. The van der Waals surface area contributed by atoms with Crippen LogP contribution in [-0.2, 0) is 12.4 Å². The maximum Gasteiger partial charge on any atom is 0.145 e. The summed E-state index contributed by atoms with van der Waals surface area (Å²) in [7, 11) is 0. The summed E-state index contributed by atoms with van der Waals surface area (Å²) in [5.41, 5.74) is 4.23. The van der Waals surface area contributed by atoms with Gasteiger partial charge in [0.1, 0.15) is 5.82 Å². The van der Waals surface area contributed by atoms with Gasteiger partial charge in [0, 0.05) is 12.4 Å². The van der Waals surface area contributed by atoms with E-state index in [1.165, 1.54) is 5.56 Å². The van der Waals surface area contributed by atoms with E-state index in [0.29, 0.717) is 5.88 Å². The summed E-state index contributed by atoms with van der Waals surface area (Å²) in [5.74, 6) is 1.34. The van der Waals surface area contributed by atoms with Gasteiger partial charge in [-0.1, -0.05) is 24.3 Å². The molecular formula is C14H16ClN3. The molecule has 0 unspecified atom stereocenters. The lowest BCUT2D eigenvalue weighted by Crippen LogP contribution is -2.04. The molecule has 0 aliphatic heterocycles. The molecule has 0 saturated heterocycles. The van der Waals surface area contributed by atoms with E-state index in [1.807, 2.05) is 26.0 Å². The Hall–Kier alpha value is -1.61. The van der Waals surface area contributed by atoms with Gasteiger partial charge in [0.05, 0.1) is 17.6 Å². The Morgan fingerprint density at radius 2 is 1.94 bits per heavy atom. The maximum atomic E-state index is 5.81. The van der Waals surface area contributed by atoms with Crippen molar-refractivity contribution in [3.05, 3.63) is 53.0 Å². The standard InChI is InChI=1S/C14H16ClN3/c1-10-11(2)18-14(9-16-10)17-8-13-5-3-4-12(6-13)7-15/h3-6,9H,7-8H2,1-2H3,(H,17,18). The van der Waals surface area contributed by atoms with Crippen LogP contribution in [0.4, 0.5) is 5.82 Å². The number of alkyl halides is 1. The van der Waals surface area contributed by atoms with E-state index in [2.05, 4.69) is 27.4 Å². The molecule has 0 bridgehead atoms. The highest BCUT2D eigenvalue weighted by Crippen LogP contribution is 2.11. The molecule has 4 heteroatoms. The molecule has 18 heavy (non-hydrogen) atoms. The average molecular weight is 262 g/mol. The molecule has 0 fully saturated rings. The minimum Gasteiger partial charge on any atom is -0.365 e. The van der Waals surface area contributed by atoms with Crippen LogP contribution in [0.15, 0.2) is 30.5 Å². The number of hydrogen-bond donors (Lipinski definition) is 1. The molecule has 0 saturated carbocycles. The molecule has 94 valence electrons. The molecule has 2 aromatic rings. The summed E-state index contributed by atoms with van der Waals surface area (Å²) in [6.07, 6.45) is 1.76. The smallest absolute Gasteiger partial charge is 0.145 e. The third-order valence-corrected chi connectivity index (χ3v) is 3.12. The van der Waals surface area contributed by atoms with Crippen LogP contribution in [0.5, 0.6) is 0 Å². The van der Waals surface area contributed by atoms with Crippen LogP contribution >= 0.6 is 11.6 Å². The summed E-state index contributed by atoms with van der Waals surface area (Å²) in [4.78, 5) is 8.71. The van der Waals surface area contributed by atoms with Gasteiger partial charge in [-0.15, -0.1) is 11.6 Å². The van der Waals surface area contributed by atoms with E-state index in [0.717, 1.165) is 29.3 Å². The Labute approximate surface area is 112 Å². The van der Waals surface area contributed by atoms with Crippen molar-refractivity contribution in [3.63, 3.8) is 0 Å². The quantitative estimate of drug-likeness (QED) is 0.857. The number of anilines is 1. The van der Waals surface area contributed by atoms with Crippen molar-refractivity contribution in [2.24, 2.45) is 0 Å². The summed E-state index contributed by atoms with van der Waals surface area (Å²) in [6, 6.07) is 8.19. The Morgan fingerprint density at radius 1 is 1.17 bits per heavy atom. The topological polar surface area (TPSA) is 37.8 Å². The van der Waals surface area contributed by atoms with Crippen molar-refractivity contribution < 1.29 is 0 Å². The van der Waals surface area contributed by atoms with Crippen LogP contribution < -0.4 is 5.32 Å². The van der Waals surface area contributed by atoms with Crippen molar-refractivity contribution in [1.29, 1.82) is 0 Å². The summed E-state index contributed by atoms with van der Waals surface area (Å²) >= 11 is 5.81. The molecule has 3 nitrogen and oxygen atoms in total. The maximum absolute atomic E-state index is 5.81. The van der Waals surface area contributed by atoms with Gasteiger partial charge in [-0.2, -0.15) is 0 Å². The van der Waals surface area contributed by atoms with Crippen LogP contribution in [0.1, 0.15) is 22.5 Å². The second kappa shape index (κ2) is 5.83. The van der Waals surface area contributed by atoms with Crippen LogP contribution in [0.3, 0.4) is 0 Å². The SMILES string of the molecule is Cc1ncc(NCc2cccc(CCl)c2)nc1C. The molecule has 0 spiro atoms. The number of aromatic nitrogens is 2. The monoisotopic (exact) mass is 261 g/mol. The number of benzene rings is 1. The predicted molar refractivity (Wildman–Crippen MR) is 74.8 cm³/mol. The van der Waals surface area contributed by atoms with Gasteiger partial charge in [0.25, 0.3) is 0 Å². The molecule has 0 aliphatic rings. The fourth-order valence-electron chi connectivity index (χ4n) is 1.64. The van der Waals surface area contributed by atoms with Gasteiger partial charge in [0.2, 0.25) is 0 Å².